The van der Waals surface area contributed by atoms with Crippen LogP contribution in [0.1, 0.15) is 180 Å². The van der Waals surface area contributed by atoms with E-state index < -0.39 is 17.9 Å². The van der Waals surface area contributed by atoms with Crippen LogP contribution in [0.25, 0.3) is 0 Å². The zero-order valence-electron chi connectivity index (χ0n) is 28.6. The van der Waals surface area contributed by atoms with Gasteiger partial charge in [0.1, 0.15) is 0 Å². The van der Waals surface area contributed by atoms with Crippen LogP contribution in [0.5, 0.6) is 0 Å². The molecule has 44 heavy (non-hydrogen) atoms. The van der Waals surface area contributed by atoms with Gasteiger partial charge in [0, 0.05) is 19.3 Å². The van der Waals surface area contributed by atoms with Crippen molar-refractivity contribution in [2.24, 2.45) is 0 Å². The third-order valence-corrected chi connectivity index (χ3v) is 8.96. The molecule has 0 radical (unpaired) electrons. The molecule has 0 saturated heterocycles. The number of hydrogen-bond acceptors (Lipinski definition) is 3. The van der Waals surface area contributed by atoms with Crippen LogP contribution < -0.4 is 0 Å². The van der Waals surface area contributed by atoms with Crippen LogP contribution in [0, 0.1) is 0 Å². The average Bonchev–Trinajstić information content (AvgIpc) is 2.98. The first-order chi connectivity index (χ1) is 21.3. The molecule has 3 N–H and O–H groups in total. The summed E-state index contributed by atoms with van der Waals surface area (Å²) in [6, 6.07) is 0. The second-order valence-electron chi connectivity index (χ2n) is 13.1. The van der Waals surface area contributed by atoms with E-state index in [0.717, 1.165) is 56.3 Å². The molecule has 0 rings (SSSR count). The predicted octanol–water partition coefficient (Wildman–Crippen LogP) is 10.2. The normalized spacial score (nSPS) is 11.8. The van der Waals surface area contributed by atoms with Crippen LogP contribution in [0.2, 0.25) is 0 Å². The standard InChI is InChI=1S/C37H69NO6/c1-2-3-4-5-6-7-8-9-10-11-12-13-14-15-16-17-18-19-20-24-31-38(32-25-21-28-35(39)40,33-26-22-29-36(41)42)34-27-23-30-37(43)44/h13-14H,2-12,15-34H2,1H3,(H2-,39,40,41,42,43,44)/p+1/b14-13+. The molecule has 0 atom stereocenters. The number of carboxylic acid groups (broad SMARTS) is 3. The fraction of sp³-hybridized carbons (Fsp3) is 0.865. The summed E-state index contributed by atoms with van der Waals surface area (Å²) in [6.45, 7) is 5.95. The summed E-state index contributed by atoms with van der Waals surface area (Å²) in [5, 5.41) is 27.2. The van der Waals surface area contributed by atoms with Gasteiger partial charge in [0.15, 0.2) is 0 Å². The Kier molecular flexibility index (Phi) is 29.8. The quantitative estimate of drug-likeness (QED) is 0.0367. The van der Waals surface area contributed by atoms with Gasteiger partial charge in [-0.05, 0) is 77.0 Å². The molecule has 0 fully saturated rings. The first-order valence-corrected chi connectivity index (χ1v) is 18.5. The highest BCUT2D eigenvalue weighted by Crippen LogP contribution is 2.20. The van der Waals surface area contributed by atoms with Crippen molar-refractivity contribution in [3.8, 4) is 0 Å². The van der Waals surface area contributed by atoms with E-state index in [0.29, 0.717) is 19.3 Å². The molecule has 0 unspecified atom stereocenters. The molecule has 0 heterocycles. The van der Waals surface area contributed by atoms with E-state index in [4.69, 9.17) is 15.3 Å². The second-order valence-corrected chi connectivity index (χ2v) is 13.1. The molecule has 0 saturated carbocycles. The number of unbranched alkanes of at least 4 members (excludes halogenated alkanes) is 19. The van der Waals surface area contributed by atoms with Crippen molar-refractivity contribution in [3.05, 3.63) is 12.2 Å². The van der Waals surface area contributed by atoms with Crippen molar-refractivity contribution in [1.29, 1.82) is 0 Å². The Bertz CT molecular complexity index is 668. The molecule has 0 amide bonds. The monoisotopic (exact) mass is 625 g/mol. The van der Waals surface area contributed by atoms with Crippen molar-refractivity contribution < 1.29 is 34.2 Å². The zero-order chi connectivity index (χ0) is 32.6. The maximum Gasteiger partial charge on any atom is 0.303 e. The minimum Gasteiger partial charge on any atom is -0.481 e. The SMILES string of the molecule is CCCCCCCCCCCC/C=C/CCCCCCCC[N+](CCCCC(=O)O)(CCCCC(=O)O)CCCCC(=O)O. The third kappa shape index (κ3) is 30.1. The van der Waals surface area contributed by atoms with Gasteiger partial charge in [-0.1, -0.05) is 96.1 Å². The predicted molar refractivity (Wildman–Crippen MR) is 182 cm³/mol. The summed E-state index contributed by atoms with van der Waals surface area (Å²) in [4.78, 5) is 33.1. The maximum atomic E-state index is 11.0. The molecule has 0 bridgehead atoms. The van der Waals surface area contributed by atoms with Crippen molar-refractivity contribution in [2.75, 3.05) is 26.2 Å². The van der Waals surface area contributed by atoms with Crippen LogP contribution in [0.3, 0.4) is 0 Å². The largest absolute Gasteiger partial charge is 0.481 e. The fourth-order valence-corrected chi connectivity index (χ4v) is 6.24. The smallest absolute Gasteiger partial charge is 0.303 e. The van der Waals surface area contributed by atoms with Crippen LogP contribution >= 0.6 is 0 Å². The van der Waals surface area contributed by atoms with Gasteiger partial charge in [-0.25, -0.2) is 0 Å². The Balaban J connectivity index is 4.27. The fourth-order valence-electron chi connectivity index (χ4n) is 6.24. The highest BCUT2D eigenvalue weighted by molar-refractivity contribution is 5.67. The average molecular weight is 625 g/mol. The Morgan fingerprint density at radius 1 is 0.409 bits per heavy atom. The molecule has 7 nitrogen and oxygen atoms in total. The van der Waals surface area contributed by atoms with Gasteiger partial charge in [0.2, 0.25) is 0 Å². The molecule has 0 aliphatic rings. The molecule has 0 aliphatic heterocycles. The van der Waals surface area contributed by atoms with E-state index in [1.165, 1.54) is 109 Å². The summed E-state index contributed by atoms with van der Waals surface area (Å²) in [6.07, 6.45) is 33.3. The summed E-state index contributed by atoms with van der Waals surface area (Å²) < 4.78 is 0.864. The molecule has 0 spiro atoms. The lowest BCUT2D eigenvalue weighted by Crippen LogP contribution is -2.51. The Labute approximate surface area is 270 Å². The number of carboxylic acids is 3. The Hall–Kier alpha value is -1.89. The van der Waals surface area contributed by atoms with Gasteiger partial charge in [-0.2, -0.15) is 0 Å². The van der Waals surface area contributed by atoms with E-state index in [1.54, 1.807) is 0 Å². The molecule has 258 valence electrons. The van der Waals surface area contributed by atoms with Crippen LogP contribution in [0.4, 0.5) is 0 Å². The minimum absolute atomic E-state index is 0.173. The first kappa shape index (κ1) is 42.1. The number of nitrogens with zero attached hydrogens (tertiary/aromatic N) is 1. The first-order valence-electron chi connectivity index (χ1n) is 18.5. The van der Waals surface area contributed by atoms with E-state index in [2.05, 4.69) is 19.1 Å². The van der Waals surface area contributed by atoms with E-state index in [9.17, 15) is 14.4 Å². The van der Waals surface area contributed by atoms with E-state index in [-0.39, 0.29) is 19.3 Å². The second kappa shape index (κ2) is 31.1. The molecule has 0 aromatic rings. The number of rotatable bonds is 35. The number of quaternary nitrogens is 1. The number of hydrogen-bond donors (Lipinski definition) is 3. The minimum atomic E-state index is -0.768. The number of carbonyl (C=O) groups is 3. The van der Waals surface area contributed by atoms with Crippen molar-refractivity contribution in [1.82, 2.24) is 0 Å². The van der Waals surface area contributed by atoms with Crippen molar-refractivity contribution in [3.63, 3.8) is 0 Å². The maximum absolute atomic E-state index is 11.0. The lowest BCUT2D eigenvalue weighted by atomic mass is 10.1. The summed E-state index contributed by atoms with van der Waals surface area (Å²) in [7, 11) is 0. The molecule has 7 heteroatoms. The molecule has 0 aromatic carbocycles. The summed E-state index contributed by atoms with van der Waals surface area (Å²) in [5.74, 6) is -2.30. The van der Waals surface area contributed by atoms with Crippen molar-refractivity contribution in [2.45, 2.75) is 180 Å². The van der Waals surface area contributed by atoms with Gasteiger partial charge in [-0.3, -0.25) is 14.4 Å². The van der Waals surface area contributed by atoms with Gasteiger partial charge in [-0.15, -0.1) is 0 Å². The number of allylic oxidation sites excluding steroid dienone is 2. The van der Waals surface area contributed by atoms with E-state index >= 15 is 0 Å². The Morgan fingerprint density at radius 3 is 1.00 bits per heavy atom. The van der Waals surface area contributed by atoms with E-state index in [1.807, 2.05) is 0 Å². The zero-order valence-corrected chi connectivity index (χ0v) is 28.6. The van der Waals surface area contributed by atoms with Gasteiger partial charge >= 0.3 is 17.9 Å². The van der Waals surface area contributed by atoms with Crippen molar-refractivity contribution >= 4 is 17.9 Å². The lowest BCUT2D eigenvalue weighted by molar-refractivity contribution is -0.929. The Morgan fingerprint density at radius 2 is 0.682 bits per heavy atom. The topological polar surface area (TPSA) is 112 Å². The summed E-state index contributed by atoms with van der Waals surface area (Å²) in [5.41, 5.74) is 0. The molecule has 0 aliphatic carbocycles. The van der Waals surface area contributed by atoms with Crippen LogP contribution in [-0.2, 0) is 14.4 Å². The van der Waals surface area contributed by atoms with Gasteiger partial charge in [0.25, 0.3) is 0 Å². The lowest BCUT2D eigenvalue weighted by Gasteiger charge is -2.39. The van der Waals surface area contributed by atoms with Crippen LogP contribution in [0.15, 0.2) is 12.2 Å². The molecular formula is C37H70NO6+. The van der Waals surface area contributed by atoms with Gasteiger partial charge in [0.05, 0.1) is 26.2 Å². The number of aliphatic carboxylic acids is 3. The third-order valence-electron chi connectivity index (χ3n) is 8.96. The highest BCUT2D eigenvalue weighted by atomic mass is 16.4. The summed E-state index contributed by atoms with van der Waals surface area (Å²) >= 11 is 0. The molecular weight excluding hydrogens is 554 g/mol. The van der Waals surface area contributed by atoms with Crippen LogP contribution in [-0.4, -0.2) is 63.9 Å². The van der Waals surface area contributed by atoms with Gasteiger partial charge < -0.3 is 19.8 Å². The molecule has 0 aromatic heterocycles. The highest BCUT2D eigenvalue weighted by Gasteiger charge is 2.26.